The number of aliphatic carboxylic acids is 1. The molecule has 1 aliphatic carbocycles. The lowest BCUT2D eigenvalue weighted by Crippen LogP contribution is -2.70. The van der Waals surface area contributed by atoms with E-state index in [0.29, 0.717) is 25.7 Å². The number of hydrogen-bond acceptors (Lipinski definition) is 7. The highest BCUT2D eigenvalue weighted by Gasteiger charge is 2.69. The summed E-state index contributed by atoms with van der Waals surface area (Å²) >= 11 is 0. The monoisotopic (exact) mass is 389 g/mol. The Morgan fingerprint density at radius 1 is 1.26 bits per heavy atom. The van der Waals surface area contributed by atoms with Crippen molar-refractivity contribution in [2.75, 3.05) is 0 Å². The molecule has 1 saturated carbocycles. The van der Waals surface area contributed by atoms with E-state index in [4.69, 9.17) is 34.6 Å². The van der Waals surface area contributed by atoms with Crippen molar-refractivity contribution in [2.24, 2.45) is 23.6 Å². The molecule has 0 aromatic heterocycles. The van der Waals surface area contributed by atoms with Crippen LogP contribution < -0.4 is 0 Å². The molecule has 2 bridgehead atoms. The van der Waals surface area contributed by atoms with Crippen LogP contribution in [-0.4, -0.2) is 41.0 Å². The molecule has 4 heterocycles. The van der Waals surface area contributed by atoms with Crippen molar-refractivity contribution in [1.82, 2.24) is 0 Å². The molecule has 5 rings (SSSR count). The Morgan fingerprint density at radius 3 is 2.81 bits per heavy atom. The van der Waals surface area contributed by atoms with E-state index in [0.717, 1.165) is 0 Å². The van der Waals surface area contributed by atoms with E-state index in [1.807, 2.05) is 0 Å². The van der Waals surface area contributed by atoms with Crippen molar-refractivity contribution in [3.05, 3.63) is 0 Å². The predicted octanol–water partition coefficient (Wildman–Crippen LogP) is 2.60. The first kappa shape index (κ1) is 14.7. The second-order valence-corrected chi connectivity index (χ2v) is 8.16. The molecule has 5 aliphatic rings. The highest BCUT2D eigenvalue weighted by Crippen LogP contribution is 2.60. The van der Waals surface area contributed by atoms with Gasteiger partial charge in [-0.05, 0) is 38.0 Å². The summed E-state index contributed by atoms with van der Waals surface area (Å²) in [6, 6.07) is 0. The summed E-state index contributed by atoms with van der Waals surface area (Å²) in [7, 11) is 0. The summed E-state index contributed by atoms with van der Waals surface area (Å²) in [5, 5.41) is 8.81. The van der Waals surface area contributed by atoms with Crippen LogP contribution in [0.2, 0.25) is 0 Å². The smallest absolute Gasteiger partial charge is 0.308 e. The molecule has 1 spiro atoms. The van der Waals surface area contributed by atoms with Gasteiger partial charge in [0.2, 0.25) is 12.1 Å². The summed E-state index contributed by atoms with van der Waals surface area (Å²) < 4.78 is 50.8. The second-order valence-electron chi connectivity index (χ2n) is 8.16. The molecule has 1 N–H and O–H groups in total. The van der Waals surface area contributed by atoms with Crippen LogP contribution >= 0.6 is 0 Å². The lowest BCUT2D eigenvalue weighted by molar-refractivity contribution is -0.576. The van der Waals surface area contributed by atoms with Gasteiger partial charge in [0.05, 0.1) is 12.8 Å². The third kappa shape index (κ3) is 3.06. The summed E-state index contributed by atoms with van der Waals surface area (Å²) in [5.74, 6) is -6.55. The summed E-state index contributed by atoms with van der Waals surface area (Å²) in [6.45, 7) is 0.854. The van der Waals surface area contributed by atoms with E-state index in [1.165, 1.54) is 0 Å². The molecule has 152 valence electrons. The van der Waals surface area contributed by atoms with Gasteiger partial charge in [-0.2, -0.15) is 0 Å². The van der Waals surface area contributed by atoms with E-state index in [-0.39, 0.29) is 11.8 Å². The van der Waals surface area contributed by atoms with Crippen LogP contribution in [0.25, 0.3) is 0 Å². The van der Waals surface area contributed by atoms with Crippen LogP contribution in [0.3, 0.4) is 0 Å². The maximum atomic E-state index is 12.3. The zero-order valence-electron chi connectivity index (χ0n) is 19.4. The van der Waals surface area contributed by atoms with Crippen molar-refractivity contribution in [2.45, 2.75) is 83.2 Å². The molecule has 4 aliphatic heterocycles. The molecule has 5 fully saturated rings. The van der Waals surface area contributed by atoms with Gasteiger partial charge in [0.25, 0.3) is 0 Å². The third-order valence-electron chi connectivity index (χ3n) is 6.38. The molecule has 0 amide bonds. The van der Waals surface area contributed by atoms with Gasteiger partial charge in [-0.3, -0.25) is 9.59 Å². The molecule has 27 heavy (non-hydrogen) atoms. The number of carboxylic acid groups (broad SMARTS) is 1. The van der Waals surface area contributed by atoms with Crippen molar-refractivity contribution >= 4 is 11.9 Å². The van der Waals surface area contributed by atoms with Gasteiger partial charge in [-0.15, -0.1) is 0 Å². The molecule has 0 aromatic rings. The molecule has 8 nitrogen and oxygen atoms in total. The summed E-state index contributed by atoms with van der Waals surface area (Å²) in [4.78, 5) is 34.6. The molecule has 8 atom stereocenters. The third-order valence-corrected chi connectivity index (χ3v) is 6.38. The van der Waals surface area contributed by atoms with Crippen LogP contribution in [0, 0.1) is 23.6 Å². The molecule has 4 saturated heterocycles. The normalized spacial score (nSPS) is 53.8. The SMILES string of the molecule is [2H][C@]1([13C]([2H])([2H])[2H])[C@H](OC(=O)CCC(=O)O)O[C@@H]2O[C@@]3(C)CC[C@H]4[C@H](C)CC[C@@H]1[C@@]24OO3. The lowest BCUT2D eigenvalue weighted by Gasteiger charge is -2.59. The molecule has 0 aromatic carbocycles. The Hall–Kier alpha value is -1.22. The van der Waals surface area contributed by atoms with Gasteiger partial charge in [0.15, 0.2) is 11.9 Å². The van der Waals surface area contributed by atoms with Crippen molar-refractivity contribution in [1.29, 1.82) is 0 Å². The zero-order valence-corrected chi connectivity index (χ0v) is 15.4. The maximum Gasteiger partial charge on any atom is 0.308 e. The Balaban J connectivity index is 1.75. The summed E-state index contributed by atoms with van der Waals surface area (Å²) in [6.07, 6.45) is -1.68. The van der Waals surface area contributed by atoms with Gasteiger partial charge in [-0.25, -0.2) is 9.78 Å². The molecule has 0 radical (unpaired) electrons. The minimum absolute atomic E-state index is 0.158. The highest BCUT2D eigenvalue weighted by molar-refractivity contribution is 5.76. The second kappa shape index (κ2) is 6.69. The number of esters is 1. The first-order valence-electron chi connectivity index (χ1n) is 11.4. The first-order chi connectivity index (χ1) is 14.3. The largest absolute Gasteiger partial charge is 0.481 e. The van der Waals surface area contributed by atoms with Crippen LogP contribution in [-0.2, 0) is 33.6 Å². The van der Waals surface area contributed by atoms with E-state index in [9.17, 15) is 9.59 Å². The van der Waals surface area contributed by atoms with Crippen molar-refractivity contribution < 1.29 is 44.2 Å². The van der Waals surface area contributed by atoms with Gasteiger partial charge in [0, 0.05) is 23.7 Å². The summed E-state index contributed by atoms with van der Waals surface area (Å²) in [5.41, 5.74) is -1.33. The number of ether oxygens (including phenoxy) is 3. The van der Waals surface area contributed by atoms with E-state index < -0.39 is 67.4 Å². The molecular weight excluding hydrogens is 357 g/mol. The Kier molecular flexibility index (Phi) is 3.65. The zero-order chi connectivity index (χ0) is 22.8. The number of carboxylic acids is 1. The maximum absolute atomic E-state index is 12.3. The van der Waals surface area contributed by atoms with Crippen LogP contribution in [0.4, 0.5) is 0 Å². The van der Waals surface area contributed by atoms with Crippen LogP contribution in [0.15, 0.2) is 0 Å². The van der Waals surface area contributed by atoms with E-state index in [2.05, 4.69) is 6.92 Å². The van der Waals surface area contributed by atoms with E-state index in [1.54, 1.807) is 6.92 Å². The van der Waals surface area contributed by atoms with Crippen molar-refractivity contribution in [3.63, 3.8) is 0 Å². The topological polar surface area (TPSA) is 101 Å². The minimum Gasteiger partial charge on any atom is -0.481 e. The average molecular weight is 389 g/mol. The minimum atomic E-state index is -2.89. The fourth-order valence-corrected chi connectivity index (χ4v) is 4.95. The van der Waals surface area contributed by atoms with Gasteiger partial charge in [-0.1, -0.05) is 13.8 Å². The Bertz CT molecular complexity index is 762. The van der Waals surface area contributed by atoms with E-state index >= 15 is 0 Å². The van der Waals surface area contributed by atoms with Crippen LogP contribution in [0.1, 0.15) is 64.7 Å². The fraction of sp³-hybridized carbons (Fsp3) is 0.895. The lowest BCUT2D eigenvalue weighted by atomic mass is 9.59. The number of fused-ring (bicyclic) bond motifs is 2. The predicted molar refractivity (Wildman–Crippen MR) is 89.8 cm³/mol. The van der Waals surface area contributed by atoms with Gasteiger partial charge < -0.3 is 19.3 Å². The number of hydrogen-bond donors (Lipinski definition) is 1. The standard InChI is InChI=1S/C19H28O8/c1-10-4-5-13-11(2)16(23-15(22)7-6-14(20)21)24-17-19(13)12(10)8-9-18(3,25-17)26-27-19/h10-13,16-17H,4-9H2,1-3H3,(H,20,21)/t10-,11-,12+,13+,16-,17-,18-,19-/m1/s1/i2+1D3,11D. The van der Waals surface area contributed by atoms with Gasteiger partial charge >= 0.3 is 11.9 Å². The number of rotatable bonds is 4. The van der Waals surface area contributed by atoms with Gasteiger partial charge in [0.1, 0.15) is 0 Å². The highest BCUT2D eigenvalue weighted by atomic mass is 17.3. The quantitative estimate of drug-likeness (QED) is 0.445. The average Bonchev–Trinajstić information content (AvgIpc) is 2.89. The number of carbonyl (C=O) groups is 2. The molecule has 0 unspecified atom stereocenters. The fourth-order valence-electron chi connectivity index (χ4n) is 4.95. The van der Waals surface area contributed by atoms with Crippen molar-refractivity contribution in [3.8, 4) is 0 Å². The first-order valence-corrected chi connectivity index (χ1v) is 9.45. The van der Waals surface area contributed by atoms with Crippen LogP contribution in [0.5, 0.6) is 0 Å². The molecular formula is C19H28O8. The molecule has 8 heteroatoms. The Labute approximate surface area is 164 Å². The Morgan fingerprint density at radius 2 is 2.07 bits per heavy atom. The number of carbonyl (C=O) groups excluding carboxylic acids is 1.